The zero-order valence-corrected chi connectivity index (χ0v) is 15.5. The lowest BCUT2D eigenvalue weighted by molar-refractivity contribution is -0.141. The molecule has 1 aliphatic carbocycles. The number of amides is 1. The van der Waals surface area contributed by atoms with Crippen molar-refractivity contribution in [2.45, 2.75) is 37.5 Å². The van der Waals surface area contributed by atoms with E-state index in [1.807, 2.05) is 0 Å². The van der Waals surface area contributed by atoms with E-state index in [-0.39, 0.29) is 11.3 Å². The Balaban J connectivity index is 1.64. The quantitative estimate of drug-likeness (QED) is 0.652. The molecule has 0 aromatic carbocycles. The molecule has 1 aliphatic rings. The third-order valence-electron chi connectivity index (χ3n) is 4.13. The maximum Gasteiger partial charge on any atom is 0.328 e. The van der Waals surface area contributed by atoms with E-state index in [4.69, 9.17) is 5.11 Å². The van der Waals surface area contributed by atoms with Crippen molar-refractivity contribution >= 4 is 45.2 Å². The molecule has 7 nitrogen and oxygen atoms in total. The Hall–Kier alpha value is -1.94. The number of carboxylic acids is 1. The van der Waals surface area contributed by atoms with Gasteiger partial charge in [-0.2, -0.15) is 0 Å². The van der Waals surface area contributed by atoms with Crippen LogP contribution >= 0.6 is 23.1 Å². The molecular formula is C16H18FN3O4S2. The molecule has 3 rings (SSSR count). The summed E-state index contributed by atoms with van der Waals surface area (Å²) in [6, 6.07) is -1.53. The van der Waals surface area contributed by atoms with Crippen LogP contribution in [0.1, 0.15) is 29.1 Å². The lowest BCUT2D eigenvalue weighted by Crippen LogP contribution is -2.43. The number of carboxylic acid groups (broad SMARTS) is 1. The third-order valence-corrected chi connectivity index (χ3v) is 6.26. The SMILES string of the molecule is O=C(CSCc1nc2sc3c(c2c(=O)[nH]1)CCCC3)NC(CF)C(=O)O. The minimum atomic E-state index is -1.53. The number of alkyl halides is 1. The van der Waals surface area contributed by atoms with Crippen LogP contribution in [0.2, 0.25) is 0 Å². The average Bonchev–Trinajstić information content (AvgIpc) is 2.98. The second kappa shape index (κ2) is 8.17. The largest absolute Gasteiger partial charge is 0.480 e. The van der Waals surface area contributed by atoms with Gasteiger partial charge in [-0.3, -0.25) is 9.59 Å². The number of aryl methyl sites for hydroxylation is 2. The third kappa shape index (κ3) is 4.07. The van der Waals surface area contributed by atoms with Crippen LogP contribution in [0, 0.1) is 0 Å². The first-order chi connectivity index (χ1) is 12.5. The van der Waals surface area contributed by atoms with Gasteiger partial charge in [0.15, 0.2) is 6.04 Å². The van der Waals surface area contributed by atoms with Gasteiger partial charge in [-0.15, -0.1) is 23.1 Å². The average molecular weight is 399 g/mol. The number of carbonyl (C=O) groups excluding carboxylic acids is 1. The topological polar surface area (TPSA) is 112 Å². The van der Waals surface area contributed by atoms with Crippen molar-refractivity contribution in [3.63, 3.8) is 0 Å². The normalized spacial score (nSPS) is 14.8. The van der Waals surface area contributed by atoms with E-state index in [1.54, 1.807) is 11.3 Å². The summed E-state index contributed by atoms with van der Waals surface area (Å²) in [5.74, 6) is -1.26. The van der Waals surface area contributed by atoms with Gasteiger partial charge in [-0.25, -0.2) is 14.2 Å². The molecule has 1 unspecified atom stereocenters. The minimum absolute atomic E-state index is 0.0491. The molecule has 0 saturated carbocycles. The first-order valence-electron chi connectivity index (χ1n) is 8.19. The number of H-pyrrole nitrogens is 1. The van der Waals surface area contributed by atoms with Crippen LogP contribution in [-0.4, -0.2) is 45.4 Å². The van der Waals surface area contributed by atoms with E-state index in [0.29, 0.717) is 17.0 Å². The fourth-order valence-corrected chi connectivity index (χ4v) is 4.90. The maximum absolute atomic E-state index is 12.5. The molecule has 0 saturated heterocycles. The van der Waals surface area contributed by atoms with Gasteiger partial charge in [0.1, 0.15) is 17.3 Å². The highest BCUT2D eigenvalue weighted by Gasteiger charge is 2.21. The van der Waals surface area contributed by atoms with Gasteiger partial charge in [0, 0.05) is 4.88 Å². The number of thiophene rings is 1. The lowest BCUT2D eigenvalue weighted by atomic mass is 9.97. The fraction of sp³-hybridized carbons (Fsp3) is 0.500. The Morgan fingerprint density at radius 1 is 1.38 bits per heavy atom. The summed E-state index contributed by atoms with van der Waals surface area (Å²) in [5, 5.41) is 11.5. The Kier molecular flexibility index (Phi) is 5.92. The second-order valence-electron chi connectivity index (χ2n) is 6.01. The van der Waals surface area contributed by atoms with E-state index in [0.717, 1.165) is 36.1 Å². The number of aromatic amines is 1. The second-order valence-corrected chi connectivity index (χ2v) is 8.08. The number of thioether (sulfide) groups is 1. The molecule has 1 atom stereocenters. The molecule has 140 valence electrons. The number of aromatic nitrogens is 2. The van der Waals surface area contributed by atoms with Crippen LogP contribution in [0.5, 0.6) is 0 Å². The zero-order chi connectivity index (χ0) is 18.7. The van der Waals surface area contributed by atoms with Crippen molar-refractivity contribution in [3.8, 4) is 0 Å². The molecule has 1 amide bonds. The first kappa shape index (κ1) is 18.8. The van der Waals surface area contributed by atoms with Crippen molar-refractivity contribution in [3.05, 3.63) is 26.6 Å². The Labute approximate surface area is 156 Å². The summed E-state index contributed by atoms with van der Waals surface area (Å²) in [7, 11) is 0. The molecule has 3 N–H and O–H groups in total. The predicted molar refractivity (Wildman–Crippen MR) is 98.6 cm³/mol. The van der Waals surface area contributed by atoms with E-state index < -0.39 is 24.6 Å². The highest BCUT2D eigenvalue weighted by atomic mass is 32.2. The predicted octanol–water partition coefficient (Wildman–Crippen LogP) is 1.64. The molecule has 26 heavy (non-hydrogen) atoms. The molecule has 0 bridgehead atoms. The fourth-order valence-electron chi connectivity index (χ4n) is 2.92. The van der Waals surface area contributed by atoms with Crippen LogP contribution < -0.4 is 10.9 Å². The van der Waals surface area contributed by atoms with Gasteiger partial charge in [0.25, 0.3) is 5.56 Å². The van der Waals surface area contributed by atoms with Crippen molar-refractivity contribution < 1.29 is 19.1 Å². The highest BCUT2D eigenvalue weighted by Crippen LogP contribution is 2.33. The monoisotopic (exact) mass is 399 g/mol. The number of aliphatic carboxylic acids is 1. The van der Waals surface area contributed by atoms with Crippen LogP contribution in [-0.2, 0) is 28.2 Å². The number of halogens is 1. The Bertz CT molecular complexity index is 895. The van der Waals surface area contributed by atoms with Crippen LogP contribution in [0.4, 0.5) is 4.39 Å². The Morgan fingerprint density at radius 2 is 2.15 bits per heavy atom. The molecular weight excluding hydrogens is 381 g/mol. The minimum Gasteiger partial charge on any atom is -0.480 e. The summed E-state index contributed by atoms with van der Waals surface area (Å²) in [5.41, 5.74) is 0.965. The maximum atomic E-state index is 12.5. The summed E-state index contributed by atoms with van der Waals surface area (Å²) in [6.45, 7) is -1.17. The number of nitrogens with zero attached hydrogens (tertiary/aromatic N) is 1. The van der Waals surface area contributed by atoms with Crippen molar-refractivity contribution in [2.75, 3.05) is 12.4 Å². The number of rotatable bonds is 7. The summed E-state index contributed by atoms with van der Waals surface area (Å²) in [6.07, 6.45) is 4.11. The number of fused-ring (bicyclic) bond motifs is 3. The van der Waals surface area contributed by atoms with Crippen LogP contribution in [0.15, 0.2) is 4.79 Å². The Morgan fingerprint density at radius 3 is 2.88 bits per heavy atom. The molecule has 2 aromatic heterocycles. The van der Waals surface area contributed by atoms with Crippen molar-refractivity contribution in [1.29, 1.82) is 0 Å². The van der Waals surface area contributed by atoms with Gasteiger partial charge in [-0.1, -0.05) is 0 Å². The molecule has 2 heterocycles. The highest BCUT2D eigenvalue weighted by molar-refractivity contribution is 7.99. The van der Waals surface area contributed by atoms with Crippen LogP contribution in [0.3, 0.4) is 0 Å². The van der Waals surface area contributed by atoms with Gasteiger partial charge < -0.3 is 15.4 Å². The molecule has 0 radical (unpaired) electrons. The number of hydrogen-bond acceptors (Lipinski definition) is 6. The van der Waals surface area contributed by atoms with Gasteiger partial charge >= 0.3 is 5.97 Å². The van der Waals surface area contributed by atoms with Crippen molar-refractivity contribution in [2.24, 2.45) is 0 Å². The van der Waals surface area contributed by atoms with Gasteiger partial charge in [0.2, 0.25) is 5.91 Å². The van der Waals surface area contributed by atoms with E-state index in [2.05, 4.69) is 15.3 Å². The summed E-state index contributed by atoms with van der Waals surface area (Å²) < 4.78 is 12.5. The smallest absolute Gasteiger partial charge is 0.328 e. The zero-order valence-electron chi connectivity index (χ0n) is 13.8. The number of nitrogens with one attached hydrogen (secondary N) is 2. The lowest BCUT2D eigenvalue weighted by Gasteiger charge is -2.10. The summed E-state index contributed by atoms with van der Waals surface area (Å²) >= 11 is 2.73. The van der Waals surface area contributed by atoms with E-state index in [1.165, 1.54) is 16.6 Å². The molecule has 0 fully saturated rings. The van der Waals surface area contributed by atoms with Gasteiger partial charge in [0.05, 0.1) is 16.9 Å². The van der Waals surface area contributed by atoms with E-state index >= 15 is 0 Å². The summed E-state index contributed by atoms with van der Waals surface area (Å²) in [4.78, 5) is 44.0. The van der Waals surface area contributed by atoms with Gasteiger partial charge in [-0.05, 0) is 31.2 Å². The number of hydrogen-bond donors (Lipinski definition) is 3. The molecule has 10 heteroatoms. The standard InChI is InChI=1S/C16H18FN3O4S2/c17-5-9(16(23)24)18-12(21)7-25-6-11-19-14(22)13-8-3-1-2-4-10(8)26-15(13)20-11/h9H,1-7H2,(H,18,21)(H,23,24)(H,19,20,22). The van der Waals surface area contributed by atoms with Crippen LogP contribution in [0.25, 0.3) is 10.2 Å². The number of carbonyl (C=O) groups is 2. The molecule has 0 spiro atoms. The van der Waals surface area contributed by atoms with Crippen molar-refractivity contribution in [1.82, 2.24) is 15.3 Å². The molecule has 0 aliphatic heterocycles. The van der Waals surface area contributed by atoms with E-state index in [9.17, 15) is 18.8 Å². The molecule has 2 aromatic rings. The first-order valence-corrected chi connectivity index (χ1v) is 10.2.